The molecule has 0 bridgehead atoms. The van der Waals surface area contributed by atoms with Crippen molar-refractivity contribution in [2.45, 2.75) is 29.7 Å². The Hall–Kier alpha value is -3.43. The van der Waals surface area contributed by atoms with Gasteiger partial charge in [0, 0.05) is 11.4 Å². The third-order valence-electron chi connectivity index (χ3n) is 5.08. The van der Waals surface area contributed by atoms with E-state index >= 15 is 0 Å². The van der Waals surface area contributed by atoms with Gasteiger partial charge in [-0.25, -0.2) is 8.42 Å². The van der Waals surface area contributed by atoms with Crippen molar-refractivity contribution in [2.24, 2.45) is 0 Å². The number of sulfone groups is 1. The van der Waals surface area contributed by atoms with Crippen molar-refractivity contribution in [3.05, 3.63) is 95.8 Å². The molecule has 34 heavy (non-hydrogen) atoms. The first-order valence-electron chi connectivity index (χ1n) is 10.6. The van der Waals surface area contributed by atoms with Gasteiger partial charge in [0.05, 0.1) is 10.6 Å². The maximum absolute atomic E-state index is 13.0. The number of carbonyl (C=O) groups excluding carboxylic acids is 1. The number of para-hydroxylation sites is 1. The Bertz CT molecular complexity index is 1380. The predicted molar refractivity (Wildman–Crippen MR) is 134 cm³/mol. The van der Waals surface area contributed by atoms with Gasteiger partial charge in [0.1, 0.15) is 5.75 Å². The number of aromatic nitrogens is 3. The van der Waals surface area contributed by atoms with Crippen LogP contribution in [-0.4, -0.2) is 34.8 Å². The first-order valence-corrected chi connectivity index (χ1v) is 13.2. The van der Waals surface area contributed by atoms with E-state index in [9.17, 15) is 13.2 Å². The number of thioether (sulfide) groups is 1. The zero-order chi connectivity index (χ0) is 24.1. The minimum Gasteiger partial charge on any atom is -0.325 e. The van der Waals surface area contributed by atoms with Crippen molar-refractivity contribution < 1.29 is 13.2 Å². The van der Waals surface area contributed by atoms with E-state index in [1.807, 2.05) is 68.4 Å². The lowest BCUT2D eigenvalue weighted by atomic mass is 10.2. The molecular weight excluding hydrogens is 468 g/mol. The van der Waals surface area contributed by atoms with Gasteiger partial charge in [-0.1, -0.05) is 65.4 Å². The monoisotopic (exact) mass is 492 g/mol. The number of hydrogen-bond acceptors (Lipinski definition) is 6. The van der Waals surface area contributed by atoms with Crippen LogP contribution in [0.4, 0.5) is 5.69 Å². The van der Waals surface area contributed by atoms with Gasteiger partial charge in [0.15, 0.2) is 20.8 Å². The summed E-state index contributed by atoms with van der Waals surface area (Å²) in [5.41, 5.74) is 3.53. The highest BCUT2D eigenvalue weighted by Gasteiger charge is 2.23. The molecule has 4 rings (SSSR count). The van der Waals surface area contributed by atoms with Gasteiger partial charge in [-0.2, -0.15) is 0 Å². The van der Waals surface area contributed by atoms with E-state index in [-0.39, 0.29) is 28.1 Å². The maximum Gasteiger partial charge on any atom is 0.234 e. The van der Waals surface area contributed by atoms with Gasteiger partial charge >= 0.3 is 0 Å². The Kier molecular flexibility index (Phi) is 7.14. The van der Waals surface area contributed by atoms with Crippen LogP contribution in [0, 0.1) is 13.8 Å². The summed E-state index contributed by atoms with van der Waals surface area (Å²) in [5, 5.41) is 11.7. The molecule has 0 unspecified atom stereocenters. The van der Waals surface area contributed by atoms with Gasteiger partial charge in [-0.3, -0.25) is 9.36 Å². The van der Waals surface area contributed by atoms with E-state index in [2.05, 4.69) is 15.5 Å². The SMILES string of the molecule is Cc1ccc(NC(=O)CSc2nnc(CS(=O)(=O)c3ccc(C)cc3)n2-c2ccccc2)cc1. The molecule has 1 N–H and O–H groups in total. The van der Waals surface area contributed by atoms with Crippen molar-refractivity contribution in [3.63, 3.8) is 0 Å². The van der Waals surface area contributed by atoms with Crippen LogP contribution in [0.2, 0.25) is 0 Å². The first kappa shape index (κ1) is 23.7. The Morgan fingerprint density at radius 3 is 2.15 bits per heavy atom. The van der Waals surface area contributed by atoms with E-state index in [4.69, 9.17) is 0 Å². The minimum absolute atomic E-state index is 0.101. The molecule has 1 amide bonds. The highest BCUT2D eigenvalue weighted by atomic mass is 32.2. The van der Waals surface area contributed by atoms with E-state index in [1.165, 1.54) is 11.8 Å². The standard InChI is InChI=1S/C25H24N4O3S2/c1-18-8-12-20(13-9-18)26-24(30)16-33-25-28-27-23(29(25)21-6-4-3-5-7-21)17-34(31,32)22-14-10-19(2)11-15-22/h3-15H,16-17H2,1-2H3,(H,26,30). The molecule has 0 saturated carbocycles. The molecule has 0 fully saturated rings. The van der Waals surface area contributed by atoms with Crippen LogP contribution in [0.15, 0.2) is 88.9 Å². The number of anilines is 1. The van der Waals surface area contributed by atoms with Gasteiger partial charge in [-0.05, 0) is 50.2 Å². The number of carbonyl (C=O) groups is 1. The third-order valence-corrected chi connectivity index (χ3v) is 7.64. The highest BCUT2D eigenvalue weighted by Crippen LogP contribution is 2.25. The Morgan fingerprint density at radius 2 is 1.50 bits per heavy atom. The zero-order valence-electron chi connectivity index (χ0n) is 18.8. The van der Waals surface area contributed by atoms with E-state index in [1.54, 1.807) is 28.8 Å². The molecule has 3 aromatic carbocycles. The van der Waals surface area contributed by atoms with Crippen molar-refractivity contribution in [1.82, 2.24) is 14.8 Å². The lowest BCUT2D eigenvalue weighted by Crippen LogP contribution is -2.15. The van der Waals surface area contributed by atoms with Crippen LogP contribution in [0.3, 0.4) is 0 Å². The third kappa shape index (κ3) is 5.73. The summed E-state index contributed by atoms with van der Waals surface area (Å²) in [7, 11) is -3.63. The molecule has 4 aromatic rings. The second-order valence-electron chi connectivity index (χ2n) is 7.84. The van der Waals surface area contributed by atoms with Crippen LogP contribution in [0.25, 0.3) is 5.69 Å². The molecule has 174 valence electrons. The van der Waals surface area contributed by atoms with E-state index in [0.717, 1.165) is 16.8 Å². The lowest BCUT2D eigenvalue weighted by Gasteiger charge is -2.11. The summed E-state index contributed by atoms with van der Waals surface area (Å²) in [5.74, 6) is -0.115. The van der Waals surface area contributed by atoms with Crippen LogP contribution >= 0.6 is 11.8 Å². The molecule has 1 aromatic heterocycles. The fraction of sp³-hybridized carbons (Fsp3) is 0.160. The number of nitrogens with one attached hydrogen (secondary N) is 1. The fourth-order valence-corrected chi connectivity index (χ4v) is 5.30. The van der Waals surface area contributed by atoms with Gasteiger partial charge in [-0.15, -0.1) is 10.2 Å². The van der Waals surface area contributed by atoms with E-state index < -0.39 is 9.84 Å². The van der Waals surface area contributed by atoms with Crippen LogP contribution < -0.4 is 5.32 Å². The average molecular weight is 493 g/mol. The van der Waals surface area contributed by atoms with Crippen LogP contribution in [0.1, 0.15) is 17.0 Å². The first-order chi connectivity index (χ1) is 16.3. The van der Waals surface area contributed by atoms with Gasteiger partial charge in [0.25, 0.3) is 0 Å². The lowest BCUT2D eigenvalue weighted by molar-refractivity contribution is -0.113. The molecule has 7 nitrogen and oxygen atoms in total. The van der Waals surface area contributed by atoms with Crippen molar-refractivity contribution in [1.29, 1.82) is 0 Å². The number of nitrogens with zero attached hydrogens (tertiary/aromatic N) is 3. The topological polar surface area (TPSA) is 94.0 Å². The van der Waals surface area contributed by atoms with E-state index in [0.29, 0.717) is 10.8 Å². The molecule has 0 spiro atoms. The normalized spacial score (nSPS) is 11.4. The summed E-state index contributed by atoms with van der Waals surface area (Å²) < 4.78 is 27.8. The summed E-state index contributed by atoms with van der Waals surface area (Å²) in [6, 6.07) is 23.5. The number of aryl methyl sites for hydroxylation is 2. The molecule has 0 radical (unpaired) electrons. The Labute approximate surface area is 203 Å². The smallest absolute Gasteiger partial charge is 0.234 e. The zero-order valence-corrected chi connectivity index (χ0v) is 20.4. The summed E-state index contributed by atoms with van der Waals surface area (Å²) in [6.07, 6.45) is 0. The minimum atomic E-state index is -3.63. The molecule has 9 heteroatoms. The number of benzene rings is 3. The number of hydrogen-bond donors (Lipinski definition) is 1. The summed E-state index contributed by atoms with van der Waals surface area (Å²) in [6.45, 7) is 3.88. The van der Waals surface area contributed by atoms with Gasteiger partial charge in [0.2, 0.25) is 5.91 Å². The molecule has 0 saturated heterocycles. The Balaban J connectivity index is 1.56. The van der Waals surface area contributed by atoms with Crippen LogP contribution in [0.5, 0.6) is 0 Å². The quantitative estimate of drug-likeness (QED) is 0.362. The molecule has 0 aliphatic rings. The second kappa shape index (κ2) is 10.2. The molecule has 0 aliphatic heterocycles. The number of rotatable bonds is 8. The maximum atomic E-state index is 13.0. The molecule has 0 aliphatic carbocycles. The fourth-order valence-electron chi connectivity index (χ4n) is 3.29. The van der Waals surface area contributed by atoms with Gasteiger partial charge < -0.3 is 5.32 Å². The average Bonchev–Trinajstić information content (AvgIpc) is 3.21. The number of amides is 1. The Morgan fingerprint density at radius 1 is 0.882 bits per heavy atom. The molecule has 1 heterocycles. The largest absolute Gasteiger partial charge is 0.325 e. The van der Waals surface area contributed by atoms with Crippen molar-refractivity contribution in [3.8, 4) is 5.69 Å². The second-order valence-corrected chi connectivity index (χ2v) is 10.8. The summed E-state index contributed by atoms with van der Waals surface area (Å²) >= 11 is 1.20. The van der Waals surface area contributed by atoms with Crippen molar-refractivity contribution >= 4 is 33.2 Å². The molecular formula is C25H24N4O3S2. The van der Waals surface area contributed by atoms with Crippen molar-refractivity contribution in [2.75, 3.05) is 11.1 Å². The van der Waals surface area contributed by atoms with Crippen LogP contribution in [-0.2, 0) is 20.4 Å². The summed E-state index contributed by atoms with van der Waals surface area (Å²) in [4.78, 5) is 12.7. The molecule has 0 atom stereocenters. The predicted octanol–water partition coefficient (Wildman–Crippen LogP) is 4.59. The highest BCUT2D eigenvalue weighted by molar-refractivity contribution is 7.99.